The number of primary amides is 1. The molecule has 1 aromatic carbocycles. The highest BCUT2D eigenvalue weighted by Crippen LogP contribution is 2.09. The average molecular weight is 191 g/mol. The van der Waals surface area contributed by atoms with Gasteiger partial charge in [-0.2, -0.15) is 0 Å². The van der Waals surface area contributed by atoms with Crippen LogP contribution in [0, 0.1) is 5.92 Å². The molecule has 0 bridgehead atoms. The normalized spacial score (nSPS) is 12.4. The lowest BCUT2D eigenvalue weighted by Crippen LogP contribution is -2.20. The van der Waals surface area contributed by atoms with Crippen LogP contribution < -0.4 is 5.73 Å². The second-order valence-corrected chi connectivity index (χ2v) is 3.68. The van der Waals surface area contributed by atoms with Crippen molar-refractivity contribution in [2.45, 2.75) is 26.2 Å². The van der Waals surface area contributed by atoms with E-state index in [0.29, 0.717) is 0 Å². The minimum absolute atomic E-state index is 0.00119. The quantitative estimate of drug-likeness (QED) is 0.761. The first-order valence-corrected chi connectivity index (χ1v) is 5.03. The summed E-state index contributed by atoms with van der Waals surface area (Å²) in [4.78, 5) is 10.8. The van der Waals surface area contributed by atoms with Gasteiger partial charge in [-0.3, -0.25) is 4.79 Å². The summed E-state index contributed by atoms with van der Waals surface area (Å²) in [6.07, 6.45) is 2.93. The summed E-state index contributed by atoms with van der Waals surface area (Å²) in [7, 11) is 0. The first-order valence-electron chi connectivity index (χ1n) is 5.03. The number of hydrogen-bond donors (Lipinski definition) is 1. The molecule has 2 nitrogen and oxygen atoms in total. The topological polar surface area (TPSA) is 43.1 Å². The molecule has 0 aliphatic carbocycles. The van der Waals surface area contributed by atoms with Crippen LogP contribution in [0.5, 0.6) is 0 Å². The Balaban J connectivity index is 2.26. The Morgan fingerprint density at radius 1 is 1.36 bits per heavy atom. The van der Waals surface area contributed by atoms with Crippen LogP contribution in [0.4, 0.5) is 0 Å². The molecule has 2 N–H and O–H groups in total. The highest BCUT2D eigenvalue weighted by Gasteiger charge is 2.07. The Morgan fingerprint density at radius 3 is 2.57 bits per heavy atom. The van der Waals surface area contributed by atoms with Crippen LogP contribution in [0.3, 0.4) is 0 Å². The molecule has 0 fully saturated rings. The first-order chi connectivity index (χ1) is 6.70. The molecule has 0 aliphatic rings. The van der Waals surface area contributed by atoms with E-state index in [1.807, 2.05) is 25.1 Å². The van der Waals surface area contributed by atoms with Gasteiger partial charge < -0.3 is 5.73 Å². The van der Waals surface area contributed by atoms with Crippen LogP contribution in [-0.2, 0) is 11.2 Å². The van der Waals surface area contributed by atoms with E-state index in [-0.39, 0.29) is 11.8 Å². The number of nitrogens with two attached hydrogens (primary N) is 1. The maximum Gasteiger partial charge on any atom is 0.220 e. The number of carbonyl (C=O) groups excluding carboxylic acids is 1. The molecule has 0 radical (unpaired) electrons. The number of amides is 1. The van der Waals surface area contributed by atoms with Crippen molar-refractivity contribution in [2.75, 3.05) is 0 Å². The van der Waals surface area contributed by atoms with E-state index in [1.54, 1.807) is 0 Å². The van der Waals surface area contributed by atoms with Gasteiger partial charge in [-0.25, -0.2) is 0 Å². The predicted molar refractivity (Wildman–Crippen MR) is 57.7 cm³/mol. The average Bonchev–Trinajstić information content (AvgIpc) is 2.19. The summed E-state index contributed by atoms with van der Waals surface area (Å²) in [6.45, 7) is 1.88. The molecule has 76 valence electrons. The summed E-state index contributed by atoms with van der Waals surface area (Å²) in [5.74, 6) is -0.197. The van der Waals surface area contributed by atoms with Crippen molar-refractivity contribution in [2.24, 2.45) is 11.7 Å². The molecule has 0 saturated carbocycles. The molecule has 0 aromatic heterocycles. The molecule has 1 aromatic rings. The summed E-state index contributed by atoms with van der Waals surface area (Å²) in [5, 5.41) is 0. The third kappa shape index (κ3) is 3.60. The number of aryl methyl sites for hydroxylation is 1. The molecule has 1 rings (SSSR count). The second-order valence-electron chi connectivity index (χ2n) is 3.68. The molecule has 2 heteroatoms. The third-order valence-corrected chi connectivity index (χ3v) is 2.43. The van der Waals surface area contributed by atoms with Crippen molar-refractivity contribution in [3.8, 4) is 0 Å². The van der Waals surface area contributed by atoms with Crippen LogP contribution in [-0.4, -0.2) is 5.91 Å². The van der Waals surface area contributed by atoms with Gasteiger partial charge in [0.25, 0.3) is 0 Å². The molecule has 1 atom stereocenters. The van der Waals surface area contributed by atoms with Gasteiger partial charge in [-0.15, -0.1) is 0 Å². The van der Waals surface area contributed by atoms with E-state index < -0.39 is 0 Å². The van der Waals surface area contributed by atoms with Gasteiger partial charge >= 0.3 is 0 Å². The smallest absolute Gasteiger partial charge is 0.220 e. The monoisotopic (exact) mass is 191 g/mol. The van der Waals surface area contributed by atoms with Gasteiger partial charge in [0.1, 0.15) is 0 Å². The molecule has 0 saturated heterocycles. The zero-order chi connectivity index (χ0) is 10.4. The van der Waals surface area contributed by atoms with Crippen molar-refractivity contribution < 1.29 is 4.79 Å². The van der Waals surface area contributed by atoms with E-state index >= 15 is 0 Å². The molecule has 0 spiro atoms. The molecule has 0 unspecified atom stereocenters. The van der Waals surface area contributed by atoms with Gasteiger partial charge in [0.05, 0.1) is 0 Å². The third-order valence-electron chi connectivity index (χ3n) is 2.43. The molecular weight excluding hydrogens is 174 g/mol. The molecule has 14 heavy (non-hydrogen) atoms. The lowest BCUT2D eigenvalue weighted by molar-refractivity contribution is -0.121. The lowest BCUT2D eigenvalue weighted by atomic mass is 10.0. The fourth-order valence-electron chi connectivity index (χ4n) is 1.40. The van der Waals surface area contributed by atoms with Gasteiger partial charge in [-0.05, 0) is 24.8 Å². The maximum absolute atomic E-state index is 10.8. The zero-order valence-corrected chi connectivity index (χ0v) is 8.57. The predicted octanol–water partition coefficient (Wildman–Crippen LogP) is 2.13. The SMILES string of the molecule is C[C@H](CCCc1ccccc1)C(N)=O. The van der Waals surface area contributed by atoms with Crippen molar-refractivity contribution >= 4 is 5.91 Å². The van der Waals surface area contributed by atoms with Gasteiger partial charge in [0, 0.05) is 5.92 Å². The zero-order valence-electron chi connectivity index (χ0n) is 8.57. The molecular formula is C12H17NO. The van der Waals surface area contributed by atoms with E-state index in [1.165, 1.54) is 5.56 Å². The van der Waals surface area contributed by atoms with Crippen molar-refractivity contribution in [3.05, 3.63) is 35.9 Å². The maximum atomic E-state index is 10.8. The van der Waals surface area contributed by atoms with Gasteiger partial charge in [0.2, 0.25) is 5.91 Å². The fraction of sp³-hybridized carbons (Fsp3) is 0.417. The van der Waals surface area contributed by atoms with Crippen LogP contribution in [0.1, 0.15) is 25.3 Å². The Hall–Kier alpha value is -1.31. The van der Waals surface area contributed by atoms with Crippen molar-refractivity contribution in [1.82, 2.24) is 0 Å². The minimum atomic E-state index is -0.196. The largest absolute Gasteiger partial charge is 0.369 e. The van der Waals surface area contributed by atoms with Crippen LogP contribution in [0.25, 0.3) is 0 Å². The lowest BCUT2D eigenvalue weighted by Gasteiger charge is -2.06. The van der Waals surface area contributed by atoms with Crippen molar-refractivity contribution in [3.63, 3.8) is 0 Å². The van der Waals surface area contributed by atoms with E-state index in [2.05, 4.69) is 12.1 Å². The molecule has 0 aliphatic heterocycles. The van der Waals surface area contributed by atoms with Crippen LogP contribution >= 0.6 is 0 Å². The fourth-order valence-corrected chi connectivity index (χ4v) is 1.40. The Kier molecular flexibility index (Phi) is 4.17. The van der Waals surface area contributed by atoms with Crippen LogP contribution in [0.15, 0.2) is 30.3 Å². The number of carbonyl (C=O) groups is 1. The molecule has 1 amide bonds. The first kappa shape index (κ1) is 10.8. The summed E-state index contributed by atoms with van der Waals surface area (Å²) >= 11 is 0. The van der Waals surface area contributed by atoms with E-state index in [0.717, 1.165) is 19.3 Å². The highest BCUT2D eigenvalue weighted by molar-refractivity contribution is 5.76. The molecule has 0 heterocycles. The Morgan fingerprint density at radius 2 is 2.00 bits per heavy atom. The number of hydrogen-bond acceptors (Lipinski definition) is 1. The van der Waals surface area contributed by atoms with E-state index in [4.69, 9.17) is 5.73 Å². The minimum Gasteiger partial charge on any atom is -0.369 e. The number of rotatable bonds is 5. The van der Waals surface area contributed by atoms with Gasteiger partial charge in [0.15, 0.2) is 0 Å². The summed E-state index contributed by atoms with van der Waals surface area (Å²) in [5.41, 5.74) is 6.50. The van der Waals surface area contributed by atoms with Gasteiger partial charge in [-0.1, -0.05) is 37.3 Å². The van der Waals surface area contributed by atoms with Crippen LogP contribution in [0.2, 0.25) is 0 Å². The van der Waals surface area contributed by atoms with E-state index in [9.17, 15) is 4.79 Å². The second kappa shape index (κ2) is 5.43. The summed E-state index contributed by atoms with van der Waals surface area (Å²) in [6, 6.07) is 10.3. The standard InChI is InChI=1S/C12H17NO/c1-10(12(13)14)6-5-9-11-7-3-2-4-8-11/h2-4,7-8,10H,5-6,9H2,1H3,(H2,13,14)/t10-/m1/s1. The number of benzene rings is 1. The Bertz CT molecular complexity index is 282. The summed E-state index contributed by atoms with van der Waals surface area (Å²) < 4.78 is 0. The Labute approximate surface area is 85.1 Å². The van der Waals surface area contributed by atoms with Crippen molar-refractivity contribution in [1.29, 1.82) is 0 Å². The highest BCUT2D eigenvalue weighted by atomic mass is 16.1.